The molecule has 0 aliphatic carbocycles. The van der Waals surface area contributed by atoms with Crippen LogP contribution in [0, 0.1) is 0 Å². The van der Waals surface area contributed by atoms with Gasteiger partial charge in [0, 0.05) is 37.8 Å². The number of aromatic nitrogens is 2. The number of anilines is 2. The van der Waals surface area contributed by atoms with Crippen LogP contribution in [-0.4, -0.2) is 47.1 Å². The Morgan fingerprint density at radius 2 is 1.89 bits per heavy atom. The molecule has 1 aliphatic rings. The summed E-state index contributed by atoms with van der Waals surface area (Å²) < 4.78 is 0. The van der Waals surface area contributed by atoms with Gasteiger partial charge in [0.2, 0.25) is 0 Å². The summed E-state index contributed by atoms with van der Waals surface area (Å²) in [6.45, 7) is 10.9. The quantitative estimate of drug-likeness (QED) is 0.893. The highest BCUT2D eigenvalue weighted by Crippen LogP contribution is 2.23. The van der Waals surface area contributed by atoms with E-state index < -0.39 is 0 Å². The molecule has 0 aromatic carbocycles. The van der Waals surface area contributed by atoms with E-state index in [0.29, 0.717) is 11.9 Å². The van der Waals surface area contributed by atoms with Gasteiger partial charge in [-0.2, -0.15) is 0 Å². The Labute approximate surface area is 115 Å². The predicted octanol–water partition coefficient (Wildman–Crippen LogP) is 1.54. The second-order valence-electron chi connectivity index (χ2n) is 5.19. The van der Waals surface area contributed by atoms with Crippen LogP contribution in [0.15, 0.2) is 6.33 Å². The van der Waals surface area contributed by atoms with E-state index in [0.717, 1.165) is 44.0 Å². The van der Waals surface area contributed by atoms with Crippen molar-refractivity contribution >= 4 is 11.6 Å². The first kappa shape index (κ1) is 14.1. The minimum absolute atomic E-state index is 0.622. The molecule has 2 rings (SSSR count). The third-order valence-electron chi connectivity index (χ3n) is 4.14. The number of nitrogens with two attached hydrogens (primary N) is 1. The molecule has 0 bridgehead atoms. The van der Waals surface area contributed by atoms with Gasteiger partial charge in [0.25, 0.3) is 0 Å². The van der Waals surface area contributed by atoms with Crippen molar-refractivity contribution in [1.29, 1.82) is 0 Å². The van der Waals surface area contributed by atoms with Gasteiger partial charge < -0.3 is 10.6 Å². The zero-order valence-corrected chi connectivity index (χ0v) is 12.3. The van der Waals surface area contributed by atoms with E-state index in [2.05, 4.69) is 40.5 Å². The van der Waals surface area contributed by atoms with Crippen molar-refractivity contribution in [3.63, 3.8) is 0 Å². The fraction of sp³-hybridized carbons (Fsp3) is 0.714. The fourth-order valence-electron chi connectivity index (χ4n) is 2.66. The summed E-state index contributed by atoms with van der Waals surface area (Å²) in [6.07, 6.45) is 3.67. The summed E-state index contributed by atoms with van der Waals surface area (Å²) in [5.41, 5.74) is 7.03. The molecule has 0 amide bonds. The standard InChI is InChI=1S/C14H25N5/c1-4-11(3)18-6-8-19(9-7-18)14-12(5-2)13(15)16-10-17-14/h10-11H,4-9H2,1-3H3,(H2,15,16,17). The zero-order chi connectivity index (χ0) is 13.8. The van der Waals surface area contributed by atoms with E-state index in [4.69, 9.17) is 5.73 Å². The molecule has 5 heteroatoms. The molecule has 1 atom stereocenters. The summed E-state index contributed by atoms with van der Waals surface area (Å²) >= 11 is 0. The van der Waals surface area contributed by atoms with Gasteiger partial charge in [0.05, 0.1) is 0 Å². The average Bonchev–Trinajstić information content (AvgIpc) is 2.46. The van der Waals surface area contributed by atoms with E-state index in [-0.39, 0.29) is 0 Å². The summed E-state index contributed by atoms with van der Waals surface area (Å²) in [5.74, 6) is 1.65. The lowest BCUT2D eigenvalue weighted by Crippen LogP contribution is -2.50. The molecule has 5 nitrogen and oxygen atoms in total. The van der Waals surface area contributed by atoms with Gasteiger partial charge in [0.15, 0.2) is 0 Å². The lowest BCUT2D eigenvalue weighted by Gasteiger charge is -2.38. The highest BCUT2D eigenvalue weighted by atomic mass is 15.3. The number of hydrogen-bond acceptors (Lipinski definition) is 5. The van der Waals surface area contributed by atoms with Gasteiger partial charge in [-0.1, -0.05) is 13.8 Å². The first-order valence-electron chi connectivity index (χ1n) is 7.25. The van der Waals surface area contributed by atoms with Crippen molar-refractivity contribution in [3.05, 3.63) is 11.9 Å². The normalized spacial score (nSPS) is 18.6. The van der Waals surface area contributed by atoms with Crippen LogP contribution in [-0.2, 0) is 6.42 Å². The maximum atomic E-state index is 5.95. The number of hydrogen-bond donors (Lipinski definition) is 1. The van der Waals surface area contributed by atoms with Crippen LogP contribution in [0.25, 0.3) is 0 Å². The van der Waals surface area contributed by atoms with Crippen LogP contribution in [0.3, 0.4) is 0 Å². The molecule has 0 saturated carbocycles. The molecule has 2 heterocycles. The van der Waals surface area contributed by atoms with E-state index in [9.17, 15) is 0 Å². The lowest BCUT2D eigenvalue weighted by atomic mass is 10.1. The van der Waals surface area contributed by atoms with Crippen LogP contribution in [0.1, 0.15) is 32.8 Å². The molecule has 19 heavy (non-hydrogen) atoms. The summed E-state index contributed by atoms with van der Waals surface area (Å²) in [5, 5.41) is 0. The minimum atomic E-state index is 0.622. The Hall–Kier alpha value is -1.36. The van der Waals surface area contributed by atoms with E-state index >= 15 is 0 Å². The molecule has 1 fully saturated rings. The van der Waals surface area contributed by atoms with E-state index in [1.165, 1.54) is 6.42 Å². The largest absolute Gasteiger partial charge is 0.383 e. The molecule has 2 N–H and O–H groups in total. The van der Waals surface area contributed by atoms with Crippen LogP contribution in [0.2, 0.25) is 0 Å². The van der Waals surface area contributed by atoms with Crippen molar-refractivity contribution in [1.82, 2.24) is 14.9 Å². The van der Waals surface area contributed by atoms with Gasteiger partial charge in [0.1, 0.15) is 18.0 Å². The summed E-state index contributed by atoms with van der Waals surface area (Å²) in [6, 6.07) is 0.670. The molecular weight excluding hydrogens is 238 g/mol. The molecule has 1 aromatic rings. The van der Waals surface area contributed by atoms with E-state index in [1.807, 2.05) is 0 Å². The minimum Gasteiger partial charge on any atom is -0.383 e. The molecular formula is C14H25N5. The Kier molecular flexibility index (Phi) is 4.58. The molecule has 1 aliphatic heterocycles. The number of piperazine rings is 1. The highest BCUT2D eigenvalue weighted by Gasteiger charge is 2.23. The van der Waals surface area contributed by atoms with Crippen molar-refractivity contribution in [2.24, 2.45) is 0 Å². The maximum Gasteiger partial charge on any atom is 0.137 e. The first-order chi connectivity index (χ1) is 9.17. The van der Waals surface area contributed by atoms with Crippen molar-refractivity contribution in [3.8, 4) is 0 Å². The first-order valence-corrected chi connectivity index (χ1v) is 7.25. The average molecular weight is 263 g/mol. The lowest BCUT2D eigenvalue weighted by molar-refractivity contribution is 0.192. The Bertz CT molecular complexity index is 412. The third kappa shape index (κ3) is 2.97. The molecule has 1 unspecified atom stereocenters. The SMILES string of the molecule is CCc1c(N)ncnc1N1CCN(C(C)CC)CC1. The van der Waals surface area contributed by atoms with Gasteiger partial charge >= 0.3 is 0 Å². The van der Waals surface area contributed by atoms with Crippen LogP contribution >= 0.6 is 0 Å². The molecule has 106 valence electrons. The fourth-order valence-corrected chi connectivity index (χ4v) is 2.66. The molecule has 1 saturated heterocycles. The van der Waals surface area contributed by atoms with Gasteiger partial charge in [-0.15, -0.1) is 0 Å². The van der Waals surface area contributed by atoms with Gasteiger partial charge in [-0.25, -0.2) is 9.97 Å². The van der Waals surface area contributed by atoms with Crippen molar-refractivity contribution in [2.75, 3.05) is 36.8 Å². The van der Waals surface area contributed by atoms with Crippen molar-refractivity contribution < 1.29 is 0 Å². The monoisotopic (exact) mass is 263 g/mol. The summed E-state index contributed by atoms with van der Waals surface area (Å²) in [4.78, 5) is 13.4. The second kappa shape index (κ2) is 6.19. The van der Waals surface area contributed by atoms with Gasteiger partial charge in [-0.3, -0.25) is 4.90 Å². The smallest absolute Gasteiger partial charge is 0.137 e. The topological polar surface area (TPSA) is 58.3 Å². The molecule has 1 aromatic heterocycles. The molecule has 0 spiro atoms. The Morgan fingerprint density at radius 3 is 2.47 bits per heavy atom. The molecule has 0 radical (unpaired) electrons. The van der Waals surface area contributed by atoms with Crippen LogP contribution < -0.4 is 10.6 Å². The third-order valence-corrected chi connectivity index (χ3v) is 4.14. The van der Waals surface area contributed by atoms with Gasteiger partial charge in [-0.05, 0) is 19.8 Å². The second-order valence-corrected chi connectivity index (χ2v) is 5.19. The van der Waals surface area contributed by atoms with E-state index in [1.54, 1.807) is 6.33 Å². The summed E-state index contributed by atoms with van der Waals surface area (Å²) in [7, 11) is 0. The number of rotatable bonds is 4. The Morgan fingerprint density at radius 1 is 1.21 bits per heavy atom. The zero-order valence-electron chi connectivity index (χ0n) is 12.3. The maximum absolute atomic E-state index is 5.95. The van der Waals surface area contributed by atoms with Crippen LogP contribution in [0.5, 0.6) is 0 Å². The van der Waals surface area contributed by atoms with Crippen molar-refractivity contribution in [2.45, 2.75) is 39.7 Å². The highest BCUT2D eigenvalue weighted by molar-refractivity contribution is 5.56. The van der Waals surface area contributed by atoms with Crippen LogP contribution in [0.4, 0.5) is 11.6 Å². The Balaban J connectivity index is 2.08. The predicted molar refractivity (Wildman–Crippen MR) is 79.4 cm³/mol. The number of nitrogen functional groups attached to an aromatic ring is 1. The number of nitrogens with zero attached hydrogens (tertiary/aromatic N) is 4.